The average molecular weight is 802 g/mol. The molecule has 1 aromatic heterocycles. The quantitative estimate of drug-likeness (QED) is 0.151. The molecule has 1 aliphatic carbocycles. The van der Waals surface area contributed by atoms with Crippen molar-refractivity contribution in [2.24, 2.45) is 0 Å². The normalized spacial score (nSPS) is 12.6. The summed E-state index contributed by atoms with van der Waals surface area (Å²) < 4.78 is 0. The van der Waals surface area contributed by atoms with Crippen LogP contribution in [0.3, 0.4) is 0 Å². The van der Waals surface area contributed by atoms with Crippen molar-refractivity contribution in [3.63, 3.8) is 0 Å². The highest BCUT2D eigenvalue weighted by molar-refractivity contribution is 6.08. The number of nitrogens with zero attached hydrogens (tertiary/aromatic N) is 3. The molecule has 294 valence electrons. The third kappa shape index (κ3) is 6.16. The molecule has 0 saturated heterocycles. The van der Waals surface area contributed by atoms with Crippen LogP contribution in [0.2, 0.25) is 0 Å². The Morgan fingerprint density at radius 1 is 0.254 bits per heavy atom. The lowest BCUT2D eigenvalue weighted by Gasteiger charge is -2.34. The standard InChI is InChI=1S/C60H39N3/c1-4-14-40(15-5-1)41-24-26-42(27-25-41)43-28-31-45(32-29-43)57-61-58(47-34-36-52-46(38-47)33-30-44-16-10-11-21-51(44)52)63-59(62-57)48-35-37-54-53-22-12-13-23-55(53)60(56(54)39-48,49-17-6-2-7-18-49)50-19-8-3-9-20-50/h1-39H. The first-order chi connectivity index (χ1) is 31.2. The molecular formula is C60H39N3. The lowest BCUT2D eigenvalue weighted by Crippen LogP contribution is -2.28. The van der Waals surface area contributed by atoms with E-state index in [0.29, 0.717) is 17.5 Å². The molecule has 0 spiro atoms. The zero-order valence-corrected chi connectivity index (χ0v) is 34.4. The van der Waals surface area contributed by atoms with Gasteiger partial charge in [0.25, 0.3) is 0 Å². The van der Waals surface area contributed by atoms with Gasteiger partial charge in [-0.25, -0.2) is 15.0 Å². The summed E-state index contributed by atoms with van der Waals surface area (Å²) >= 11 is 0. The summed E-state index contributed by atoms with van der Waals surface area (Å²) in [5.74, 6) is 1.88. The van der Waals surface area contributed by atoms with Gasteiger partial charge in [0, 0.05) is 16.7 Å². The second-order valence-corrected chi connectivity index (χ2v) is 16.3. The van der Waals surface area contributed by atoms with E-state index in [0.717, 1.165) is 33.2 Å². The second kappa shape index (κ2) is 15.0. The van der Waals surface area contributed by atoms with E-state index in [1.54, 1.807) is 0 Å². The number of hydrogen-bond acceptors (Lipinski definition) is 3. The largest absolute Gasteiger partial charge is 0.208 e. The van der Waals surface area contributed by atoms with Crippen LogP contribution in [0.1, 0.15) is 22.3 Å². The zero-order valence-electron chi connectivity index (χ0n) is 34.4. The molecule has 0 amide bonds. The fourth-order valence-electron chi connectivity index (χ4n) is 9.80. The Balaban J connectivity index is 1.02. The Morgan fingerprint density at radius 2 is 0.683 bits per heavy atom. The van der Waals surface area contributed by atoms with Crippen LogP contribution in [0.5, 0.6) is 0 Å². The minimum atomic E-state index is -0.542. The number of benzene rings is 10. The summed E-state index contributed by atoms with van der Waals surface area (Å²) in [6.07, 6.45) is 0. The molecule has 63 heavy (non-hydrogen) atoms. The Morgan fingerprint density at radius 3 is 1.33 bits per heavy atom. The van der Waals surface area contributed by atoms with Gasteiger partial charge in [-0.05, 0) is 89.3 Å². The predicted octanol–water partition coefficient (Wildman–Crippen LogP) is 14.9. The molecule has 12 rings (SSSR count). The first-order valence-electron chi connectivity index (χ1n) is 21.5. The van der Waals surface area contributed by atoms with Gasteiger partial charge in [0.2, 0.25) is 0 Å². The SMILES string of the molecule is c1ccc(-c2ccc(-c3ccc(-c4nc(-c5ccc6c(c5)C(c5ccccc5)(c5ccccc5)c5ccccc5-6)nc(-c5ccc6c(ccc7ccccc76)c5)n4)cc3)cc2)cc1. The molecule has 1 aliphatic rings. The first kappa shape index (κ1) is 36.6. The highest BCUT2D eigenvalue weighted by Gasteiger charge is 2.46. The molecule has 0 atom stereocenters. The van der Waals surface area contributed by atoms with Crippen molar-refractivity contribution >= 4 is 21.5 Å². The van der Waals surface area contributed by atoms with Gasteiger partial charge >= 0.3 is 0 Å². The van der Waals surface area contributed by atoms with Crippen molar-refractivity contribution < 1.29 is 0 Å². The molecule has 3 heteroatoms. The highest BCUT2D eigenvalue weighted by Crippen LogP contribution is 2.56. The van der Waals surface area contributed by atoms with Crippen LogP contribution in [-0.2, 0) is 5.41 Å². The van der Waals surface area contributed by atoms with Crippen LogP contribution in [0, 0.1) is 0 Å². The molecule has 0 saturated carbocycles. The second-order valence-electron chi connectivity index (χ2n) is 16.3. The summed E-state index contributed by atoms with van der Waals surface area (Å²) in [6, 6.07) is 84.8. The molecule has 3 nitrogen and oxygen atoms in total. The molecule has 0 aliphatic heterocycles. The van der Waals surface area contributed by atoms with Crippen LogP contribution < -0.4 is 0 Å². The van der Waals surface area contributed by atoms with E-state index >= 15 is 0 Å². The third-order valence-electron chi connectivity index (χ3n) is 12.8. The van der Waals surface area contributed by atoms with Crippen LogP contribution >= 0.6 is 0 Å². The van der Waals surface area contributed by atoms with Gasteiger partial charge in [0.05, 0.1) is 5.41 Å². The van der Waals surface area contributed by atoms with E-state index in [1.807, 2.05) is 0 Å². The number of hydrogen-bond donors (Lipinski definition) is 0. The van der Waals surface area contributed by atoms with Gasteiger partial charge in [-0.1, -0.05) is 224 Å². The lowest BCUT2D eigenvalue weighted by atomic mass is 9.67. The Bertz CT molecular complexity index is 3430. The lowest BCUT2D eigenvalue weighted by molar-refractivity contribution is 0.768. The van der Waals surface area contributed by atoms with Crippen LogP contribution in [0.15, 0.2) is 237 Å². The van der Waals surface area contributed by atoms with E-state index < -0.39 is 5.41 Å². The molecule has 0 fully saturated rings. The molecule has 11 aromatic rings. The Kier molecular flexibility index (Phi) is 8.72. The summed E-state index contributed by atoms with van der Waals surface area (Å²) in [7, 11) is 0. The summed E-state index contributed by atoms with van der Waals surface area (Å²) in [5, 5.41) is 4.80. The Hall–Kier alpha value is -8.27. The van der Waals surface area contributed by atoms with Gasteiger partial charge in [-0.15, -0.1) is 0 Å². The van der Waals surface area contributed by atoms with E-state index in [4.69, 9.17) is 15.0 Å². The zero-order chi connectivity index (χ0) is 41.7. The summed E-state index contributed by atoms with van der Waals surface area (Å²) in [6.45, 7) is 0. The topological polar surface area (TPSA) is 38.7 Å². The fourth-order valence-corrected chi connectivity index (χ4v) is 9.80. The van der Waals surface area contributed by atoms with Gasteiger partial charge in [-0.3, -0.25) is 0 Å². The maximum Gasteiger partial charge on any atom is 0.164 e. The third-order valence-corrected chi connectivity index (χ3v) is 12.8. The van der Waals surface area contributed by atoms with Crippen LogP contribution in [0.4, 0.5) is 0 Å². The maximum absolute atomic E-state index is 5.31. The van der Waals surface area contributed by atoms with Gasteiger partial charge < -0.3 is 0 Å². The molecular weight excluding hydrogens is 763 g/mol. The van der Waals surface area contributed by atoms with E-state index in [1.165, 1.54) is 60.7 Å². The fraction of sp³-hybridized carbons (Fsp3) is 0.0167. The van der Waals surface area contributed by atoms with Crippen molar-refractivity contribution in [2.45, 2.75) is 5.41 Å². The van der Waals surface area contributed by atoms with E-state index in [9.17, 15) is 0 Å². The number of rotatable bonds is 7. The van der Waals surface area contributed by atoms with E-state index in [-0.39, 0.29) is 0 Å². The van der Waals surface area contributed by atoms with E-state index in [2.05, 4.69) is 237 Å². The maximum atomic E-state index is 5.31. The molecule has 0 radical (unpaired) electrons. The van der Waals surface area contributed by atoms with Gasteiger partial charge in [0.15, 0.2) is 17.5 Å². The van der Waals surface area contributed by atoms with Crippen LogP contribution in [0.25, 0.3) is 89.1 Å². The van der Waals surface area contributed by atoms with Crippen molar-refractivity contribution in [1.29, 1.82) is 0 Å². The predicted molar refractivity (Wildman–Crippen MR) is 259 cm³/mol. The van der Waals surface area contributed by atoms with Gasteiger partial charge in [-0.2, -0.15) is 0 Å². The van der Waals surface area contributed by atoms with Crippen molar-refractivity contribution in [1.82, 2.24) is 15.0 Å². The van der Waals surface area contributed by atoms with Crippen molar-refractivity contribution in [3.05, 3.63) is 259 Å². The molecule has 10 aromatic carbocycles. The first-order valence-corrected chi connectivity index (χ1v) is 21.5. The monoisotopic (exact) mass is 801 g/mol. The minimum Gasteiger partial charge on any atom is -0.208 e. The van der Waals surface area contributed by atoms with Crippen molar-refractivity contribution in [3.8, 4) is 67.5 Å². The average Bonchev–Trinajstić information content (AvgIpc) is 3.67. The Labute approximate surface area is 366 Å². The molecule has 1 heterocycles. The molecule has 0 bridgehead atoms. The molecule has 0 N–H and O–H groups in total. The summed E-state index contributed by atoms with van der Waals surface area (Å²) in [5.41, 5.74) is 14.3. The minimum absolute atomic E-state index is 0.542. The summed E-state index contributed by atoms with van der Waals surface area (Å²) in [4.78, 5) is 15.8. The number of aromatic nitrogens is 3. The van der Waals surface area contributed by atoms with Crippen molar-refractivity contribution in [2.75, 3.05) is 0 Å². The molecule has 0 unspecified atom stereocenters. The van der Waals surface area contributed by atoms with Crippen LogP contribution in [-0.4, -0.2) is 15.0 Å². The van der Waals surface area contributed by atoms with Gasteiger partial charge in [0.1, 0.15) is 0 Å². The number of fused-ring (bicyclic) bond motifs is 6. The highest BCUT2D eigenvalue weighted by atomic mass is 15.0. The smallest absolute Gasteiger partial charge is 0.164 e.